The van der Waals surface area contributed by atoms with Crippen molar-refractivity contribution in [2.45, 2.75) is 34.0 Å². The predicted octanol–water partition coefficient (Wildman–Crippen LogP) is 4.03. The van der Waals surface area contributed by atoms with Gasteiger partial charge in [0.25, 0.3) is 0 Å². The smallest absolute Gasteiger partial charge is 0.183 e. The average Bonchev–Trinajstić information content (AvgIpc) is 2.29. The standard InChI is InChI=1S/C15H24O2/c1-12(2)10-16-15(17-11-13(3)4)14-8-6-5-7-9-14/h5-9,12-13,15H,10-11H2,1-4H3. The molecule has 0 aliphatic rings. The summed E-state index contributed by atoms with van der Waals surface area (Å²) in [6.45, 7) is 10.0. The fraction of sp³-hybridized carbons (Fsp3) is 0.600. The van der Waals surface area contributed by atoms with E-state index in [0.29, 0.717) is 11.8 Å². The molecule has 0 aromatic heterocycles. The summed E-state index contributed by atoms with van der Waals surface area (Å²) in [5.74, 6) is 1.03. The lowest BCUT2D eigenvalue weighted by Gasteiger charge is -2.21. The molecule has 0 aliphatic heterocycles. The van der Waals surface area contributed by atoms with Crippen molar-refractivity contribution < 1.29 is 9.47 Å². The minimum absolute atomic E-state index is 0.235. The Morgan fingerprint density at radius 3 is 1.71 bits per heavy atom. The summed E-state index contributed by atoms with van der Waals surface area (Å²) in [4.78, 5) is 0. The van der Waals surface area contributed by atoms with Crippen LogP contribution in [0, 0.1) is 11.8 Å². The van der Waals surface area contributed by atoms with Crippen molar-refractivity contribution >= 4 is 0 Å². The van der Waals surface area contributed by atoms with Crippen molar-refractivity contribution in [3.63, 3.8) is 0 Å². The number of ether oxygens (including phenoxy) is 2. The average molecular weight is 236 g/mol. The second-order valence-corrected chi connectivity index (χ2v) is 5.20. The molecule has 96 valence electrons. The van der Waals surface area contributed by atoms with Crippen molar-refractivity contribution in [3.05, 3.63) is 35.9 Å². The van der Waals surface area contributed by atoms with Crippen LogP contribution in [0.5, 0.6) is 0 Å². The number of hydrogen-bond acceptors (Lipinski definition) is 2. The molecule has 0 saturated heterocycles. The minimum Gasteiger partial charge on any atom is -0.348 e. The van der Waals surface area contributed by atoms with Gasteiger partial charge in [-0.25, -0.2) is 0 Å². The topological polar surface area (TPSA) is 18.5 Å². The minimum atomic E-state index is -0.235. The third kappa shape index (κ3) is 5.85. The second kappa shape index (κ2) is 7.46. The monoisotopic (exact) mass is 236 g/mol. The van der Waals surface area contributed by atoms with Gasteiger partial charge in [-0.1, -0.05) is 58.0 Å². The van der Waals surface area contributed by atoms with Gasteiger partial charge in [-0.3, -0.25) is 0 Å². The first kappa shape index (κ1) is 14.2. The molecule has 0 fully saturated rings. The molecule has 0 N–H and O–H groups in total. The normalized spacial score (nSPS) is 11.7. The van der Waals surface area contributed by atoms with E-state index in [9.17, 15) is 0 Å². The van der Waals surface area contributed by atoms with Crippen LogP contribution in [-0.4, -0.2) is 13.2 Å². The van der Waals surface area contributed by atoms with Crippen molar-refractivity contribution in [1.29, 1.82) is 0 Å². The highest BCUT2D eigenvalue weighted by Gasteiger charge is 2.13. The Kier molecular flexibility index (Phi) is 6.23. The fourth-order valence-corrected chi connectivity index (χ4v) is 1.41. The summed E-state index contributed by atoms with van der Waals surface area (Å²) < 4.78 is 11.6. The van der Waals surface area contributed by atoms with E-state index in [0.717, 1.165) is 18.8 Å². The lowest BCUT2D eigenvalue weighted by Crippen LogP contribution is -2.15. The Hall–Kier alpha value is -0.860. The van der Waals surface area contributed by atoms with E-state index in [1.807, 2.05) is 30.3 Å². The molecule has 2 nitrogen and oxygen atoms in total. The summed E-state index contributed by atoms with van der Waals surface area (Å²) in [6.07, 6.45) is -0.235. The van der Waals surface area contributed by atoms with Crippen molar-refractivity contribution in [2.24, 2.45) is 11.8 Å². The highest BCUT2D eigenvalue weighted by molar-refractivity contribution is 5.15. The molecule has 0 saturated carbocycles. The molecule has 0 spiro atoms. The molecule has 2 heteroatoms. The molecule has 0 radical (unpaired) electrons. The van der Waals surface area contributed by atoms with Crippen LogP contribution >= 0.6 is 0 Å². The van der Waals surface area contributed by atoms with Gasteiger partial charge < -0.3 is 9.47 Å². The van der Waals surface area contributed by atoms with E-state index in [1.54, 1.807) is 0 Å². The number of hydrogen-bond donors (Lipinski definition) is 0. The van der Waals surface area contributed by atoms with Crippen molar-refractivity contribution in [1.82, 2.24) is 0 Å². The Bertz CT molecular complexity index is 281. The largest absolute Gasteiger partial charge is 0.348 e. The molecule has 17 heavy (non-hydrogen) atoms. The predicted molar refractivity (Wildman–Crippen MR) is 70.8 cm³/mol. The fourth-order valence-electron chi connectivity index (χ4n) is 1.41. The SMILES string of the molecule is CC(C)COC(OCC(C)C)c1ccccc1. The molecular formula is C15H24O2. The summed E-state index contributed by atoms with van der Waals surface area (Å²) in [7, 11) is 0. The van der Waals surface area contributed by atoms with Gasteiger partial charge in [-0.2, -0.15) is 0 Å². The first-order valence-corrected chi connectivity index (χ1v) is 6.37. The van der Waals surface area contributed by atoms with Crippen LogP contribution in [-0.2, 0) is 9.47 Å². The van der Waals surface area contributed by atoms with E-state index >= 15 is 0 Å². The maximum atomic E-state index is 5.82. The van der Waals surface area contributed by atoms with Gasteiger partial charge in [-0.05, 0) is 11.8 Å². The molecule has 1 aromatic carbocycles. The van der Waals surface area contributed by atoms with Gasteiger partial charge in [0.1, 0.15) is 0 Å². The van der Waals surface area contributed by atoms with E-state index in [2.05, 4.69) is 27.7 Å². The summed E-state index contributed by atoms with van der Waals surface area (Å²) in [5, 5.41) is 0. The lowest BCUT2D eigenvalue weighted by atomic mass is 10.2. The van der Waals surface area contributed by atoms with Crippen LogP contribution in [0.25, 0.3) is 0 Å². The summed E-state index contributed by atoms with van der Waals surface area (Å²) >= 11 is 0. The highest BCUT2D eigenvalue weighted by Crippen LogP contribution is 2.20. The number of benzene rings is 1. The maximum absolute atomic E-state index is 5.82. The van der Waals surface area contributed by atoms with Gasteiger partial charge in [-0.15, -0.1) is 0 Å². The number of rotatable bonds is 7. The van der Waals surface area contributed by atoms with E-state index in [4.69, 9.17) is 9.47 Å². The zero-order valence-electron chi connectivity index (χ0n) is 11.3. The quantitative estimate of drug-likeness (QED) is 0.665. The Labute approximate surface area is 105 Å². The molecule has 1 rings (SSSR count). The van der Waals surface area contributed by atoms with Crippen molar-refractivity contribution in [3.8, 4) is 0 Å². The maximum Gasteiger partial charge on any atom is 0.183 e. The van der Waals surface area contributed by atoms with Gasteiger partial charge in [0.15, 0.2) is 6.29 Å². The summed E-state index contributed by atoms with van der Waals surface area (Å²) in [5.41, 5.74) is 1.09. The first-order valence-electron chi connectivity index (χ1n) is 6.37. The van der Waals surface area contributed by atoms with E-state index < -0.39 is 0 Å². The van der Waals surface area contributed by atoms with Crippen LogP contribution in [0.15, 0.2) is 30.3 Å². The van der Waals surface area contributed by atoms with Gasteiger partial charge in [0, 0.05) is 5.56 Å². The first-order chi connectivity index (χ1) is 8.09. The zero-order chi connectivity index (χ0) is 12.7. The van der Waals surface area contributed by atoms with Crippen LogP contribution in [0.4, 0.5) is 0 Å². The van der Waals surface area contributed by atoms with E-state index in [-0.39, 0.29) is 6.29 Å². The van der Waals surface area contributed by atoms with Crippen LogP contribution in [0.3, 0.4) is 0 Å². The molecular weight excluding hydrogens is 212 g/mol. The van der Waals surface area contributed by atoms with Gasteiger partial charge in [0.2, 0.25) is 0 Å². The third-order valence-electron chi connectivity index (χ3n) is 2.23. The lowest BCUT2D eigenvalue weighted by molar-refractivity contribution is -0.158. The molecule has 0 atom stereocenters. The molecule has 0 heterocycles. The Morgan fingerprint density at radius 1 is 0.824 bits per heavy atom. The van der Waals surface area contributed by atoms with Crippen LogP contribution in [0.1, 0.15) is 39.5 Å². The zero-order valence-corrected chi connectivity index (χ0v) is 11.3. The van der Waals surface area contributed by atoms with Crippen LogP contribution < -0.4 is 0 Å². The molecule has 1 aromatic rings. The van der Waals surface area contributed by atoms with E-state index in [1.165, 1.54) is 0 Å². The molecule has 0 bridgehead atoms. The van der Waals surface area contributed by atoms with Crippen molar-refractivity contribution in [2.75, 3.05) is 13.2 Å². The molecule has 0 unspecified atom stereocenters. The third-order valence-corrected chi connectivity index (χ3v) is 2.23. The van der Waals surface area contributed by atoms with Gasteiger partial charge in [0.05, 0.1) is 13.2 Å². The molecule has 0 aliphatic carbocycles. The van der Waals surface area contributed by atoms with Crippen LogP contribution in [0.2, 0.25) is 0 Å². The van der Waals surface area contributed by atoms with Gasteiger partial charge >= 0.3 is 0 Å². The summed E-state index contributed by atoms with van der Waals surface area (Å²) in [6, 6.07) is 10.1. The Morgan fingerprint density at radius 2 is 1.29 bits per heavy atom. The highest BCUT2D eigenvalue weighted by atomic mass is 16.7. The molecule has 0 amide bonds. The Balaban J connectivity index is 2.58. The second-order valence-electron chi connectivity index (χ2n) is 5.20.